The van der Waals surface area contributed by atoms with Gasteiger partial charge in [0.1, 0.15) is 17.4 Å². The molecule has 17 heavy (non-hydrogen) atoms. The predicted molar refractivity (Wildman–Crippen MR) is 64.2 cm³/mol. The van der Waals surface area contributed by atoms with E-state index in [1.165, 1.54) is 0 Å². The lowest BCUT2D eigenvalue weighted by Crippen LogP contribution is -1.96. The second-order valence-electron chi connectivity index (χ2n) is 3.57. The molecule has 0 fully saturated rings. The fraction of sp³-hybridized carbons (Fsp3) is 0.167. The first kappa shape index (κ1) is 11.5. The minimum atomic E-state index is 0.327. The van der Waals surface area contributed by atoms with Crippen LogP contribution in [-0.2, 0) is 7.05 Å². The number of hydrogen-bond donors (Lipinski definition) is 0. The SMILES string of the molecule is Cc1cc(Oc2cccc(Cl)c2C#N)n(C)n1. The van der Waals surface area contributed by atoms with Gasteiger partial charge in [-0.15, -0.1) is 0 Å². The number of aromatic nitrogens is 2. The van der Waals surface area contributed by atoms with E-state index in [1.807, 2.05) is 13.0 Å². The van der Waals surface area contributed by atoms with Crippen molar-refractivity contribution in [3.05, 3.63) is 40.5 Å². The topological polar surface area (TPSA) is 50.8 Å². The summed E-state index contributed by atoms with van der Waals surface area (Å²) < 4.78 is 7.23. The molecule has 0 aliphatic heterocycles. The normalized spacial score (nSPS) is 10.0. The Hall–Kier alpha value is -1.99. The van der Waals surface area contributed by atoms with Gasteiger partial charge in [0.05, 0.1) is 10.7 Å². The Morgan fingerprint density at radius 3 is 2.82 bits per heavy atom. The first-order valence-corrected chi connectivity index (χ1v) is 5.36. The second kappa shape index (κ2) is 4.48. The molecule has 5 heteroatoms. The first-order valence-electron chi connectivity index (χ1n) is 4.99. The molecule has 0 N–H and O–H groups in total. The van der Waals surface area contributed by atoms with Crippen LogP contribution in [0.25, 0.3) is 0 Å². The van der Waals surface area contributed by atoms with E-state index in [2.05, 4.69) is 5.10 Å². The molecule has 0 aliphatic carbocycles. The summed E-state index contributed by atoms with van der Waals surface area (Å²) in [5, 5.41) is 13.6. The zero-order chi connectivity index (χ0) is 12.4. The van der Waals surface area contributed by atoms with Crippen LogP contribution in [0, 0.1) is 18.3 Å². The van der Waals surface area contributed by atoms with Gasteiger partial charge in [0, 0.05) is 13.1 Å². The van der Waals surface area contributed by atoms with Crippen molar-refractivity contribution in [2.45, 2.75) is 6.92 Å². The number of benzene rings is 1. The van der Waals surface area contributed by atoms with Crippen molar-refractivity contribution in [1.82, 2.24) is 9.78 Å². The summed E-state index contributed by atoms with van der Waals surface area (Å²) in [6.45, 7) is 1.87. The van der Waals surface area contributed by atoms with Crippen LogP contribution in [0.4, 0.5) is 0 Å². The second-order valence-corrected chi connectivity index (χ2v) is 3.98. The van der Waals surface area contributed by atoms with E-state index in [0.29, 0.717) is 22.2 Å². The summed E-state index contributed by atoms with van der Waals surface area (Å²) in [6.07, 6.45) is 0. The summed E-state index contributed by atoms with van der Waals surface area (Å²) in [5.74, 6) is 1.00. The molecule has 0 amide bonds. The molecule has 0 bridgehead atoms. The van der Waals surface area contributed by atoms with Gasteiger partial charge < -0.3 is 4.74 Å². The molecule has 0 atom stereocenters. The smallest absolute Gasteiger partial charge is 0.217 e. The van der Waals surface area contributed by atoms with Crippen molar-refractivity contribution in [3.63, 3.8) is 0 Å². The number of nitrogens with zero attached hydrogens (tertiary/aromatic N) is 3. The van der Waals surface area contributed by atoms with Gasteiger partial charge >= 0.3 is 0 Å². The Balaban J connectivity index is 2.40. The maximum atomic E-state index is 9.01. The molecule has 0 saturated carbocycles. The van der Waals surface area contributed by atoms with Crippen LogP contribution < -0.4 is 4.74 Å². The standard InChI is InChI=1S/C12H10ClN3O/c1-8-6-12(16(2)15-8)17-11-5-3-4-10(13)9(11)7-14/h3-6H,1-2H3. The van der Waals surface area contributed by atoms with Crippen LogP contribution in [0.3, 0.4) is 0 Å². The van der Waals surface area contributed by atoms with E-state index in [4.69, 9.17) is 21.6 Å². The van der Waals surface area contributed by atoms with Crippen molar-refractivity contribution in [2.24, 2.45) is 7.05 Å². The maximum Gasteiger partial charge on any atom is 0.217 e. The van der Waals surface area contributed by atoms with Crippen molar-refractivity contribution < 1.29 is 4.74 Å². The number of rotatable bonds is 2. The number of ether oxygens (including phenoxy) is 1. The number of halogens is 1. The Morgan fingerprint density at radius 1 is 1.47 bits per heavy atom. The van der Waals surface area contributed by atoms with E-state index in [1.54, 1.807) is 36.0 Å². The van der Waals surface area contributed by atoms with Crippen LogP contribution in [0.2, 0.25) is 5.02 Å². The number of aryl methyl sites for hydroxylation is 2. The molecule has 0 unspecified atom stereocenters. The molecule has 0 saturated heterocycles. The average Bonchev–Trinajstić information content (AvgIpc) is 2.58. The molecule has 1 aromatic carbocycles. The molecular weight excluding hydrogens is 238 g/mol. The summed E-state index contributed by atoms with van der Waals surface area (Å²) in [5.41, 5.74) is 1.18. The monoisotopic (exact) mass is 247 g/mol. The van der Waals surface area contributed by atoms with Gasteiger partial charge in [0.2, 0.25) is 5.88 Å². The molecule has 86 valence electrons. The summed E-state index contributed by atoms with van der Waals surface area (Å²) in [7, 11) is 1.78. The molecule has 1 heterocycles. The van der Waals surface area contributed by atoms with Gasteiger partial charge in [-0.05, 0) is 19.1 Å². The first-order chi connectivity index (χ1) is 8.11. The fourth-order valence-corrected chi connectivity index (χ4v) is 1.70. The highest BCUT2D eigenvalue weighted by Crippen LogP contribution is 2.29. The van der Waals surface area contributed by atoms with Gasteiger partial charge in [0.25, 0.3) is 0 Å². The zero-order valence-electron chi connectivity index (χ0n) is 9.44. The fourth-order valence-electron chi connectivity index (χ4n) is 1.49. The molecule has 2 rings (SSSR count). The van der Waals surface area contributed by atoms with Crippen molar-refractivity contribution >= 4 is 11.6 Å². The predicted octanol–water partition coefficient (Wildman–Crippen LogP) is 3.05. The summed E-state index contributed by atoms with van der Waals surface area (Å²) in [4.78, 5) is 0. The molecule has 4 nitrogen and oxygen atoms in total. The van der Waals surface area contributed by atoms with Crippen LogP contribution in [0.1, 0.15) is 11.3 Å². The van der Waals surface area contributed by atoms with Crippen LogP contribution in [-0.4, -0.2) is 9.78 Å². The zero-order valence-corrected chi connectivity index (χ0v) is 10.2. The van der Waals surface area contributed by atoms with Crippen molar-refractivity contribution in [3.8, 4) is 17.7 Å². The lowest BCUT2D eigenvalue weighted by atomic mass is 10.2. The Morgan fingerprint density at radius 2 is 2.24 bits per heavy atom. The highest BCUT2D eigenvalue weighted by atomic mass is 35.5. The van der Waals surface area contributed by atoms with Crippen LogP contribution in [0.5, 0.6) is 11.6 Å². The largest absolute Gasteiger partial charge is 0.438 e. The number of hydrogen-bond acceptors (Lipinski definition) is 3. The third kappa shape index (κ3) is 2.24. The molecule has 0 aliphatic rings. The Labute approximate surface area is 104 Å². The molecule has 0 spiro atoms. The van der Waals surface area contributed by atoms with Crippen molar-refractivity contribution in [2.75, 3.05) is 0 Å². The molecule has 2 aromatic rings. The molecular formula is C12H10ClN3O. The molecule has 1 aromatic heterocycles. The third-order valence-corrected chi connectivity index (χ3v) is 2.58. The maximum absolute atomic E-state index is 9.01. The quantitative estimate of drug-likeness (QED) is 0.820. The number of nitriles is 1. The van der Waals surface area contributed by atoms with E-state index < -0.39 is 0 Å². The summed E-state index contributed by atoms with van der Waals surface area (Å²) >= 11 is 5.92. The lowest BCUT2D eigenvalue weighted by Gasteiger charge is -2.07. The highest BCUT2D eigenvalue weighted by molar-refractivity contribution is 6.31. The Kier molecular flexibility index (Phi) is 3.03. The third-order valence-electron chi connectivity index (χ3n) is 2.26. The van der Waals surface area contributed by atoms with Gasteiger partial charge in [-0.1, -0.05) is 17.7 Å². The van der Waals surface area contributed by atoms with Crippen LogP contribution in [0.15, 0.2) is 24.3 Å². The van der Waals surface area contributed by atoms with Crippen LogP contribution >= 0.6 is 11.6 Å². The van der Waals surface area contributed by atoms with E-state index in [-0.39, 0.29) is 0 Å². The van der Waals surface area contributed by atoms with E-state index in [0.717, 1.165) is 5.69 Å². The lowest BCUT2D eigenvalue weighted by molar-refractivity contribution is 0.429. The minimum Gasteiger partial charge on any atom is -0.438 e. The molecule has 0 radical (unpaired) electrons. The average molecular weight is 248 g/mol. The minimum absolute atomic E-state index is 0.327. The van der Waals surface area contributed by atoms with Gasteiger partial charge in [-0.25, -0.2) is 4.68 Å². The van der Waals surface area contributed by atoms with Gasteiger partial charge in [-0.2, -0.15) is 10.4 Å². The summed E-state index contributed by atoms with van der Waals surface area (Å²) in [6, 6.07) is 8.91. The van der Waals surface area contributed by atoms with Gasteiger partial charge in [-0.3, -0.25) is 0 Å². The van der Waals surface area contributed by atoms with E-state index >= 15 is 0 Å². The van der Waals surface area contributed by atoms with Gasteiger partial charge in [0.15, 0.2) is 0 Å². The van der Waals surface area contributed by atoms with Crippen molar-refractivity contribution in [1.29, 1.82) is 5.26 Å². The van der Waals surface area contributed by atoms with E-state index in [9.17, 15) is 0 Å². The highest BCUT2D eigenvalue weighted by Gasteiger charge is 2.11. The Bertz CT molecular complexity index is 598.